The number of benzene rings is 1. The van der Waals surface area contributed by atoms with Gasteiger partial charge in [-0.25, -0.2) is 13.1 Å². The predicted octanol–water partition coefficient (Wildman–Crippen LogP) is 2.43. The molecule has 0 unspecified atom stereocenters. The van der Waals surface area contributed by atoms with Gasteiger partial charge in [-0.2, -0.15) is 13.2 Å². The lowest BCUT2D eigenvalue weighted by atomic mass is 9.93. The number of aliphatic hydroxyl groups is 1. The van der Waals surface area contributed by atoms with Crippen molar-refractivity contribution in [2.24, 2.45) is 0 Å². The second-order valence-corrected chi connectivity index (χ2v) is 7.29. The van der Waals surface area contributed by atoms with Crippen molar-refractivity contribution in [3.63, 3.8) is 0 Å². The van der Waals surface area contributed by atoms with Gasteiger partial charge in [0.25, 0.3) is 0 Å². The first-order valence-electron chi connectivity index (χ1n) is 7.01. The van der Waals surface area contributed by atoms with Crippen molar-refractivity contribution in [1.82, 2.24) is 4.72 Å². The minimum atomic E-state index is -4.51. The van der Waals surface area contributed by atoms with Gasteiger partial charge in [-0.05, 0) is 24.5 Å². The van der Waals surface area contributed by atoms with Crippen molar-refractivity contribution < 1.29 is 26.7 Å². The van der Waals surface area contributed by atoms with E-state index >= 15 is 0 Å². The normalized spacial score (nSPS) is 23.5. The Hall–Kier alpha value is -1.12. The van der Waals surface area contributed by atoms with Crippen molar-refractivity contribution in [3.8, 4) is 0 Å². The average Bonchev–Trinajstić information content (AvgIpc) is 2.40. The van der Waals surface area contributed by atoms with Crippen LogP contribution < -0.4 is 4.72 Å². The minimum absolute atomic E-state index is 0.0626. The number of hydrogen-bond acceptors (Lipinski definition) is 3. The number of alkyl halides is 3. The van der Waals surface area contributed by atoms with Crippen LogP contribution in [0.25, 0.3) is 0 Å². The topological polar surface area (TPSA) is 66.4 Å². The van der Waals surface area contributed by atoms with Crippen LogP contribution in [0.5, 0.6) is 0 Å². The molecule has 4 nitrogen and oxygen atoms in total. The SMILES string of the molecule is O=S(=O)(Cc1cccc(C(F)(F)F)c1)N[C@H]1CCCC[C@@H]1O. The Morgan fingerprint density at radius 1 is 1.23 bits per heavy atom. The maximum atomic E-state index is 12.6. The Morgan fingerprint density at radius 2 is 1.91 bits per heavy atom. The van der Waals surface area contributed by atoms with Crippen molar-refractivity contribution in [3.05, 3.63) is 35.4 Å². The molecule has 124 valence electrons. The third-order valence-electron chi connectivity index (χ3n) is 3.67. The van der Waals surface area contributed by atoms with Gasteiger partial charge in [0, 0.05) is 6.04 Å². The Kier molecular flexibility index (Phi) is 5.14. The van der Waals surface area contributed by atoms with E-state index < -0.39 is 39.7 Å². The molecule has 0 amide bonds. The molecule has 1 aromatic rings. The van der Waals surface area contributed by atoms with Crippen LogP contribution in [-0.4, -0.2) is 25.7 Å². The predicted molar refractivity (Wildman–Crippen MR) is 75.5 cm³/mol. The number of rotatable bonds is 4. The molecule has 1 aliphatic rings. The molecule has 1 saturated carbocycles. The Balaban J connectivity index is 2.08. The van der Waals surface area contributed by atoms with Gasteiger partial charge in [0.05, 0.1) is 17.4 Å². The lowest BCUT2D eigenvalue weighted by Crippen LogP contribution is -2.45. The summed E-state index contributed by atoms with van der Waals surface area (Å²) in [7, 11) is -3.81. The standard InChI is InChI=1S/C14H18F3NO3S/c15-14(16,17)11-5-3-4-10(8-11)9-22(20,21)18-12-6-1-2-7-13(12)19/h3-5,8,12-13,18-19H,1-2,6-7,9H2/t12-,13-/m0/s1. The average molecular weight is 337 g/mol. The zero-order chi connectivity index (χ0) is 16.4. The van der Waals surface area contributed by atoms with E-state index in [1.54, 1.807) is 0 Å². The van der Waals surface area contributed by atoms with E-state index in [0.717, 1.165) is 25.0 Å². The first kappa shape index (κ1) is 17.2. The summed E-state index contributed by atoms with van der Waals surface area (Å²) in [5.41, 5.74) is -0.814. The van der Waals surface area contributed by atoms with E-state index in [1.165, 1.54) is 12.1 Å². The molecule has 8 heteroatoms. The van der Waals surface area contributed by atoms with E-state index in [9.17, 15) is 26.7 Å². The maximum Gasteiger partial charge on any atom is 0.416 e. The molecule has 1 aliphatic carbocycles. The third-order valence-corrected chi connectivity index (χ3v) is 5.05. The molecule has 0 radical (unpaired) electrons. The summed E-state index contributed by atoms with van der Waals surface area (Å²) in [5.74, 6) is -0.542. The molecule has 22 heavy (non-hydrogen) atoms. The molecule has 2 N–H and O–H groups in total. The highest BCUT2D eigenvalue weighted by molar-refractivity contribution is 7.88. The van der Waals surface area contributed by atoms with Crippen molar-refractivity contribution in [2.45, 2.75) is 49.8 Å². The Labute approximate surface area is 127 Å². The second-order valence-electron chi connectivity index (χ2n) is 5.53. The molecular formula is C14H18F3NO3S. The summed E-state index contributed by atoms with van der Waals surface area (Å²) in [5, 5.41) is 9.77. The Morgan fingerprint density at radius 3 is 2.55 bits per heavy atom. The highest BCUT2D eigenvalue weighted by atomic mass is 32.2. The van der Waals surface area contributed by atoms with Gasteiger partial charge >= 0.3 is 6.18 Å². The van der Waals surface area contributed by atoms with Crippen LogP contribution in [0, 0.1) is 0 Å². The van der Waals surface area contributed by atoms with Crippen molar-refractivity contribution in [2.75, 3.05) is 0 Å². The Bertz CT molecular complexity index is 616. The lowest BCUT2D eigenvalue weighted by Gasteiger charge is -2.28. The molecule has 0 aliphatic heterocycles. The highest BCUT2D eigenvalue weighted by Crippen LogP contribution is 2.30. The summed E-state index contributed by atoms with van der Waals surface area (Å²) < 4.78 is 64.4. The van der Waals surface area contributed by atoms with E-state index in [0.29, 0.717) is 12.8 Å². The monoisotopic (exact) mass is 337 g/mol. The van der Waals surface area contributed by atoms with Crippen LogP contribution in [-0.2, 0) is 22.0 Å². The summed E-state index contributed by atoms with van der Waals surface area (Å²) in [4.78, 5) is 0. The lowest BCUT2D eigenvalue weighted by molar-refractivity contribution is -0.137. The van der Waals surface area contributed by atoms with E-state index in [4.69, 9.17) is 0 Å². The maximum absolute atomic E-state index is 12.6. The van der Waals surface area contributed by atoms with Crippen LogP contribution in [0.2, 0.25) is 0 Å². The van der Waals surface area contributed by atoms with Gasteiger partial charge in [0.15, 0.2) is 0 Å². The molecule has 0 heterocycles. The summed E-state index contributed by atoms with van der Waals surface area (Å²) >= 11 is 0. The number of hydrogen-bond donors (Lipinski definition) is 2. The summed E-state index contributed by atoms with van der Waals surface area (Å²) in [6, 6.07) is 3.68. The van der Waals surface area contributed by atoms with Crippen molar-refractivity contribution in [1.29, 1.82) is 0 Å². The van der Waals surface area contributed by atoms with Gasteiger partial charge in [-0.3, -0.25) is 0 Å². The fraction of sp³-hybridized carbons (Fsp3) is 0.571. The molecule has 1 fully saturated rings. The van der Waals surface area contributed by atoms with Crippen LogP contribution >= 0.6 is 0 Å². The molecule has 0 aromatic heterocycles. The van der Waals surface area contributed by atoms with Crippen LogP contribution in [0.4, 0.5) is 13.2 Å². The van der Waals surface area contributed by atoms with Crippen LogP contribution in [0.3, 0.4) is 0 Å². The second kappa shape index (κ2) is 6.55. The first-order valence-corrected chi connectivity index (χ1v) is 8.67. The minimum Gasteiger partial charge on any atom is -0.391 e. The molecule has 1 aromatic carbocycles. The zero-order valence-corrected chi connectivity index (χ0v) is 12.6. The molecule has 0 saturated heterocycles. The van der Waals surface area contributed by atoms with E-state index in [-0.39, 0.29) is 5.56 Å². The molecule has 2 rings (SSSR count). The number of sulfonamides is 1. The molecule has 0 bridgehead atoms. The number of halogens is 3. The highest BCUT2D eigenvalue weighted by Gasteiger charge is 2.31. The van der Waals surface area contributed by atoms with Crippen LogP contribution in [0.1, 0.15) is 36.8 Å². The third kappa shape index (κ3) is 4.69. The number of aliphatic hydroxyl groups excluding tert-OH is 1. The van der Waals surface area contributed by atoms with E-state index in [2.05, 4.69) is 4.72 Å². The molecular weight excluding hydrogens is 319 g/mol. The van der Waals surface area contributed by atoms with Crippen LogP contribution in [0.15, 0.2) is 24.3 Å². The number of nitrogens with one attached hydrogen (secondary N) is 1. The summed E-state index contributed by atoms with van der Waals surface area (Å²) in [6.07, 6.45) is -2.54. The molecule has 0 spiro atoms. The largest absolute Gasteiger partial charge is 0.416 e. The zero-order valence-electron chi connectivity index (χ0n) is 11.8. The fourth-order valence-corrected chi connectivity index (χ4v) is 4.02. The van der Waals surface area contributed by atoms with Gasteiger partial charge in [0.2, 0.25) is 10.0 Å². The van der Waals surface area contributed by atoms with Gasteiger partial charge in [-0.1, -0.05) is 31.0 Å². The van der Waals surface area contributed by atoms with Gasteiger partial charge in [0.1, 0.15) is 0 Å². The van der Waals surface area contributed by atoms with Gasteiger partial charge < -0.3 is 5.11 Å². The smallest absolute Gasteiger partial charge is 0.391 e. The van der Waals surface area contributed by atoms with Gasteiger partial charge in [-0.15, -0.1) is 0 Å². The molecule has 2 atom stereocenters. The van der Waals surface area contributed by atoms with Crippen molar-refractivity contribution >= 4 is 10.0 Å². The fourth-order valence-electron chi connectivity index (χ4n) is 2.58. The quantitative estimate of drug-likeness (QED) is 0.887. The van der Waals surface area contributed by atoms with E-state index in [1.807, 2.05) is 0 Å². The summed E-state index contributed by atoms with van der Waals surface area (Å²) in [6.45, 7) is 0. The first-order chi connectivity index (χ1) is 10.2.